The van der Waals surface area contributed by atoms with Crippen molar-refractivity contribution in [3.05, 3.63) is 23.8 Å². The van der Waals surface area contributed by atoms with Gasteiger partial charge in [-0.3, -0.25) is 4.79 Å². The Morgan fingerprint density at radius 1 is 1.28 bits per heavy atom. The van der Waals surface area contributed by atoms with Gasteiger partial charge in [0.15, 0.2) is 5.79 Å². The van der Waals surface area contributed by atoms with E-state index in [1.165, 1.54) is 24.8 Å². The summed E-state index contributed by atoms with van der Waals surface area (Å²) >= 11 is 0. The summed E-state index contributed by atoms with van der Waals surface area (Å²) in [5, 5.41) is 9.09. The number of aliphatic carboxylic acids is 1. The highest BCUT2D eigenvalue weighted by Gasteiger charge is 2.38. The van der Waals surface area contributed by atoms with Crippen molar-refractivity contribution in [3.63, 3.8) is 0 Å². The molecule has 2 aliphatic carbocycles. The molecule has 0 spiro atoms. The number of hydrogen-bond donors (Lipinski definition) is 1. The first-order valence-electron chi connectivity index (χ1n) is 9.80. The van der Waals surface area contributed by atoms with E-state index in [0.29, 0.717) is 24.2 Å². The minimum atomic E-state index is -0.801. The van der Waals surface area contributed by atoms with Crippen LogP contribution in [-0.2, 0) is 14.3 Å². The second-order valence-corrected chi connectivity index (χ2v) is 8.41. The van der Waals surface area contributed by atoms with Crippen LogP contribution in [0, 0.1) is 17.8 Å². The Kier molecular flexibility index (Phi) is 5.69. The van der Waals surface area contributed by atoms with Gasteiger partial charge in [-0.1, -0.05) is 25.2 Å². The lowest BCUT2D eigenvalue weighted by atomic mass is 9.68. The van der Waals surface area contributed by atoms with Crippen LogP contribution < -0.4 is 0 Å². The fourth-order valence-electron chi connectivity index (χ4n) is 4.91. The molecule has 0 saturated carbocycles. The second-order valence-electron chi connectivity index (χ2n) is 8.41. The van der Waals surface area contributed by atoms with Crippen LogP contribution in [0.15, 0.2) is 23.8 Å². The summed E-state index contributed by atoms with van der Waals surface area (Å²) < 4.78 is 11.9. The van der Waals surface area contributed by atoms with Crippen LogP contribution in [0.3, 0.4) is 0 Å². The number of carboxylic acid groups (broad SMARTS) is 1. The van der Waals surface area contributed by atoms with Gasteiger partial charge in [0.1, 0.15) is 0 Å². The monoisotopic (exact) mass is 348 g/mol. The van der Waals surface area contributed by atoms with Gasteiger partial charge in [0, 0.05) is 6.42 Å². The predicted molar refractivity (Wildman–Crippen MR) is 97.1 cm³/mol. The molecule has 1 saturated heterocycles. The summed E-state index contributed by atoms with van der Waals surface area (Å²) in [5.41, 5.74) is 1.53. The smallest absolute Gasteiger partial charge is 0.305 e. The van der Waals surface area contributed by atoms with Crippen LogP contribution in [0.4, 0.5) is 0 Å². The molecule has 1 heterocycles. The van der Waals surface area contributed by atoms with E-state index in [1.807, 2.05) is 13.8 Å². The number of carbonyl (C=O) groups is 1. The summed E-state index contributed by atoms with van der Waals surface area (Å²) in [5.74, 6) is 0.463. The quantitative estimate of drug-likeness (QED) is 0.782. The van der Waals surface area contributed by atoms with Crippen molar-refractivity contribution in [1.29, 1.82) is 0 Å². The van der Waals surface area contributed by atoms with Gasteiger partial charge in [-0.2, -0.15) is 0 Å². The molecule has 0 aromatic rings. The second kappa shape index (κ2) is 7.63. The van der Waals surface area contributed by atoms with Crippen LogP contribution >= 0.6 is 0 Å². The normalized spacial score (nSPS) is 37.2. The van der Waals surface area contributed by atoms with Crippen molar-refractivity contribution in [3.8, 4) is 0 Å². The average Bonchev–Trinajstić information content (AvgIpc) is 2.51. The van der Waals surface area contributed by atoms with Gasteiger partial charge in [-0.05, 0) is 69.3 Å². The third-order valence-corrected chi connectivity index (χ3v) is 5.96. The molecule has 3 rings (SSSR count). The fourth-order valence-corrected chi connectivity index (χ4v) is 4.91. The zero-order valence-corrected chi connectivity index (χ0v) is 15.7. The molecule has 0 aromatic heterocycles. The Morgan fingerprint density at radius 3 is 2.80 bits per heavy atom. The van der Waals surface area contributed by atoms with E-state index in [-0.39, 0.29) is 18.6 Å². The maximum atomic E-state index is 11.1. The number of ether oxygens (including phenoxy) is 2. The van der Waals surface area contributed by atoms with Crippen LogP contribution in [0.2, 0.25) is 0 Å². The van der Waals surface area contributed by atoms with E-state index < -0.39 is 11.8 Å². The van der Waals surface area contributed by atoms with Gasteiger partial charge >= 0.3 is 5.97 Å². The first-order valence-corrected chi connectivity index (χ1v) is 9.80. The standard InChI is InChI=1S/C21H32O4/c1-14-8-9-15-6-4-5-7-19(15)18(14)11-10-16-12-17(13-20(22)23)25-21(2,3)24-16/h6,8-9,14,16-19H,4-5,7,10-13H2,1-3H3,(H,22,23)/t14-,16?,17+,18-,19?/m0/s1. The van der Waals surface area contributed by atoms with Crippen molar-refractivity contribution < 1.29 is 19.4 Å². The number of carboxylic acids is 1. The molecule has 0 radical (unpaired) electrons. The van der Waals surface area contributed by atoms with E-state index in [0.717, 1.165) is 12.8 Å². The van der Waals surface area contributed by atoms with Crippen molar-refractivity contribution in [2.75, 3.05) is 0 Å². The van der Waals surface area contributed by atoms with Crippen LogP contribution in [0.5, 0.6) is 0 Å². The summed E-state index contributed by atoms with van der Waals surface area (Å²) in [6.07, 6.45) is 13.6. The van der Waals surface area contributed by atoms with E-state index in [2.05, 4.69) is 25.2 Å². The Labute approximate surface area is 151 Å². The molecule has 1 aliphatic heterocycles. The molecule has 4 heteroatoms. The molecule has 2 unspecified atom stereocenters. The van der Waals surface area contributed by atoms with Gasteiger partial charge in [0.05, 0.1) is 18.6 Å². The van der Waals surface area contributed by atoms with Crippen LogP contribution in [-0.4, -0.2) is 29.1 Å². The number of allylic oxidation sites excluding steroid dienone is 4. The van der Waals surface area contributed by atoms with Crippen molar-refractivity contribution >= 4 is 5.97 Å². The van der Waals surface area contributed by atoms with Crippen molar-refractivity contribution in [2.24, 2.45) is 17.8 Å². The van der Waals surface area contributed by atoms with E-state index >= 15 is 0 Å². The Morgan fingerprint density at radius 2 is 2.04 bits per heavy atom. The summed E-state index contributed by atoms with van der Waals surface area (Å²) in [7, 11) is 0. The summed E-state index contributed by atoms with van der Waals surface area (Å²) in [6, 6.07) is 0. The fraction of sp³-hybridized carbons (Fsp3) is 0.762. The number of hydrogen-bond acceptors (Lipinski definition) is 3. The SMILES string of the molecule is C[C@H]1C=CC2=CCCCC2[C@H]1CCC1C[C@H](CC(=O)O)OC(C)(C)O1. The van der Waals surface area contributed by atoms with Gasteiger partial charge in [0.25, 0.3) is 0 Å². The van der Waals surface area contributed by atoms with E-state index in [1.54, 1.807) is 0 Å². The van der Waals surface area contributed by atoms with Gasteiger partial charge < -0.3 is 14.6 Å². The zero-order chi connectivity index (χ0) is 18.0. The molecule has 0 aromatic carbocycles. The minimum absolute atomic E-state index is 0.0569. The first kappa shape index (κ1) is 18.7. The van der Waals surface area contributed by atoms with Crippen molar-refractivity contribution in [2.45, 2.75) is 83.7 Å². The Balaban J connectivity index is 1.61. The van der Waals surface area contributed by atoms with Crippen LogP contribution in [0.25, 0.3) is 0 Å². The third-order valence-electron chi connectivity index (χ3n) is 5.96. The molecule has 25 heavy (non-hydrogen) atoms. The van der Waals surface area contributed by atoms with E-state index in [9.17, 15) is 4.79 Å². The highest BCUT2D eigenvalue weighted by Crippen LogP contribution is 2.43. The van der Waals surface area contributed by atoms with Gasteiger partial charge in [-0.25, -0.2) is 0 Å². The van der Waals surface area contributed by atoms with Crippen LogP contribution in [0.1, 0.15) is 65.7 Å². The first-order chi connectivity index (χ1) is 11.8. The lowest BCUT2D eigenvalue weighted by molar-refractivity contribution is -0.300. The molecule has 1 fully saturated rings. The summed E-state index contributed by atoms with van der Waals surface area (Å²) in [4.78, 5) is 11.1. The van der Waals surface area contributed by atoms with Gasteiger partial charge in [0.2, 0.25) is 0 Å². The number of fused-ring (bicyclic) bond motifs is 1. The summed E-state index contributed by atoms with van der Waals surface area (Å²) in [6.45, 7) is 6.11. The van der Waals surface area contributed by atoms with Crippen molar-refractivity contribution in [1.82, 2.24) is 0 Å². The minimum Gasteiger partial charge on any atom is -0.481 e. The topological polar surface area (TPSA) is 55.8 Å². The molecular weight excluding hydrogens is 316 g/mol. The lowest BCUT2D eigenvalue weighted by Crippen LogP contribution is -2.45. The maximum Gasteiger partial charge on any atom is 0.305 e. The average molecular weight is 348 g/mol. The highest BCUT2D eigenvalue weighted by molar-refractivity contribution is 5.67. The Bertz CT molecular complexity index is 548. The third kappa shape index (κ3) is 4.73. The molecule has 0 bridgehead atoms. The molecule has 4 nitrogen and oxygen atoms in total. The largest absolute Gasteiger partial charge is 0.481 e. The Hall–Kier alpha value is -1.13. The molecular formula is C21H32O4. The zero-order valence-electron chi connectivity index (χ0n) is 15.7. The molecule has 3 aliphatic rings. The number of rotatable bonds is 5. The molecule has 140 valence electrons. The molecule has 1 N–H and O–H groups in total. The van der Waals surface area contributed by atoms with E-state index in [4.69, 9.17) is 14.6 Å². The highest BCUT2D eigenvalue weighted by atomic mass is 16.7. The lowest BCUT2D eigenvalue weighted by Gasteiger charge is -2.42. The maximum absolute atomic E-state index is 11.1. The predicted octanol–water partition coefficient (Wildman–Crippen LogP) is 4.70. The molecule has 0 amide bonds. The molecule has 5 atom stereocenters. The van der Waals surface area contributed by atoms with Gasteiger partial charge in [-0.15, -0.1) is 0 Å².